The molecule has 0 aliphatic rings. The van der Waals surface area contributed by atoms with E-state index in [2.05, 4.69) is 0 Å². The van der Waals surface area contributed by atoms with E-state index < -0.39 is 0 Å². The number of hydrogen-bond acceptors (Lipinski definition) is 2. The smallest absolute Gasteiger partial charge is 0.136 e. The van der Waals surface area contributed by atoms with Crippen molar-refractivity contribution in [1.29, 1.82) is 5.26 Å². The molecule has 0 atom stereocenters. The number of para-hydroxylation sites is 1. The third-order valence-electron chi connectivity index (χ3n) is 1.81. The summed E-state index contributed by atoms with van der Waals surface area (Å²) in [6.07, 6.45) is 4.52. The first-order valence-electron chi connectivity index (χ1n) is 4.11. The zero-order valence-corrected chi connectivity index (χ0v) is 7.49. The summed E-state index contributed by atoms with van der Waals surface area (Å²) in [4.78, 5) is 0. The first kappa shape index (κ1) is 9.34. The molecule has 1 aromatic carbocycles. The fourth-order valence-corrected chi connectivity index (χ4v) is 1.09. The molecule has 0 saturated carbocycles. The van der Waals surface area contributed by atoms with Crippen LogP contribution in [0.15, 0.2) is 30.4 Å². The van der Waals surface area contributed by atoms with Gasteiger partial charge in [-0.3, -0.25) is 0 Å². The van der Waals surface area contributed by atoms with Crippen molar-refractivity contribution >= 4 is 0 Å². The lowest BCUT2D eigenvalue weighted by atomic mass is 10.1. The minimum Gasteiger partial charge on any atom is -0.506 e. The molecule has 0 spiro atoms. The van der Waals surface area contributed by atoms with Crippen molar-refractivity contribution in [3.63, 3.8) is 0 Å². The van der Waals surface area contributed by atoms with Crippen molar-refractivity contribution in [1.82, 2.24) is 0 Å². The van der Waals surface area contributed by atoms with Crippen LogP contribution in [-0.2, 0) is 6.42 Å². The van der Waals surface area contributed by atoms with Gasteiger partial charge >= 0.3 is 0 Å². The van der Waals surface area contributed by atoms with Gasteiger partial charge in [-0.05, 0) is 25.0 Å². The molecule has 0 aliphatic carbocycles. The lowest BCUT2D eigenvalue weighted by Gasteiger charge is -2.01. The number of benzene rings is 1. The van der Waals surface area contributed by atoms with E-state index in [1.54, 1.807) is 12.1 Å². The topological polar surface area (TPSA) is 44.0 Å². The highest BCUT2D eigenvalue weighted by molar-refractivity contribution is 5.47. The molecule has 1 N–H and O–H groups in total. The van der Waals surface area contributed by atoms with Crippen molar-refractivity contribution < 1.29 is 5.11 Å². The second-order valence-electron chi connectivity index (χ2n) is 2.70. The predicted octanol–water partition coefficient (Wildman–Crippen LogP) is 2.38. The molecule has 1 rings (SSSR count). The molecule has 0 unspecified atom stereocenters. The number of allylic oxidation sites excluding steroid dienone is 2. The lowest BCUT2D eigenvalue weighted by molar-refractivity contribution is 0.468. The molecule has 0 fully saturated rings. The molecule has 2 heteroatoms. The second kappa shape index (κ2) is 4.32. The molecule has 0 saturated heterocycles. The highest BCUT2D eigenvalue weighted by atomic mass is 16.3. The van der Waals surface area contributed by atoms with E-state index in [9.17, 15) is 5.11 Å². The van der Waals surface area contributed by atoms with Gasteiger partial charge in [0.2, 0.25) is 0 Å². The summed E-state index contributed by atoms with van der Waals surface area (Å²) < 4.78 is 0. The monoisotopic (exact) mass is 173 g/mol. The van der Waals surface area contributed by atoms with Crippen LogP contribution in [0.3, 0.4) is 0 Å². The lowest BCUT2D eigenvalue weighted by Crippen LogP contribution is -1.85. The molecule has 0 radical (unpaired) electrons. The molecule has 1 aromatic rings. The van der Waals surface area contributed by atoms with Gasteiger partial charge in [0.1, 0.15) is 11.8 Å². The van der Waals surface area contributed by atoms with E-state index in [-0.39, 0.29) is 5.75 Å². The number of nitrogens with zero attached hydrogens (tertiary/aromatic N) is 1. The number of phenolic OH excluding ortho intramolecular Hbond substituents is 1. The van der Waals surface area contributed by atoms with Crippen LogP contribution in [0.4, 0.5) is 0 Å². The molecule has 0 aromatic heterocycles. The SMILES string of the molecule is CC=CCc1cccc(C#N)c1O. The largest absolute Gasteiger partial charge is 0.506 e. The van der Waals surface area contributed by atoms with Gasteiger partial charge in [0.25, 0.3) is 0 Å². The fourth-order valence-electron chi connectivity index (χ4n) is 1.09. The molecule has 2 nitrogen and oxygen atoms in total. The molecular formula is C11H11NO. The number of phenols is 1. The van der Waals surface area contributed by atoms with Crippen LogP contribution in [0.5, 0.6) is 5.75 Å². The van der Waals surface area contributed by atoms with E-state index in [1.165, 1.54) is 0 Å². The predicted molar refractivity (Wildman–Crippen MR) is 51.3 cm³/mol. The van der Waals surface area contributed by atoms with Crippen LogP contribution in [0.1, 0.15) is 18.1 Å². The van der Waals surface area contributed by atoms with E-state index in [4.69, 9.17) is 5.26 Å². The summed E-state index contributed by atoms with van der Waals surface area (Å²) in [7, 11) is 0. The third-order valence-corrected chi connectivity index (χ3v) is 1.81. The zero-order chi connectivity index (χ0) is 9.68. The summed E-state index contributed by atoms with van der Waals surface area (Å²) in [5.41, 5.74) is 1.12. The molecule has 0 heterocycles. The Kier molecular flexibility index (Phi) is 3.10. The Morgan fingerprint density at radius 3 is 2.92 bits per heavy atom. The quantitative estimate of drug-likeness (QED) is 0.698. The van der Waals surface area contributed by atoms with E-state index >= 15 is 0 Å². The minimum absolute atomic E-state index is 0.100. The van der Waals surface area contributed by atoms with Gasteiger partial charge in [0.05, 0.1) is 5.56 Å². The third kappa shape index (κ3) is 2.09. The van der Waals surface area contributed by atoms with E-state index in [0.29, 0.717) is 12.0 Å². The number of rotatable bonds is 2. The Morgan fingerprint density at radius 2 is 2.31 bits per heavy atom. The summed E-state index contributed by atoms with van der Waals surface area (Å²) >= 11 is 0. The average molecular weight is 173 g/mol. The molecule has 13 heavy (non-hydrogen) atoms. The van der Waals surface area contributed by atoms with Gasteiger partial charge in [-0.2, -0.15) is 5.26 Å². The van der Waals surface area contributed by atoms with E-state index in [1.807, 2.05) is 31.2 Å². The summed E-state index contributed by atoms with van der Waals surface area (Å²) in [5.74, 6) is 0.100. The van der Waals surface area contributed by atoms with Crippen LogP contribution in [0.25, 0.3) is 0 Å². The maximum atomic E-state index is 9.56. The zero-order valence-electron chi connectivity index (χ0n) is 7.49. The van der Waals surface area contributed by atoms with Crippen molar-refractivity contribution in [2.45, 2.75) is 13.3 Å². The highest BCUT2D eigenvalue weighted by Gasteiger charge is 2.03. The van der Waals surface area contributed by atoms with Crippen LogP contribution in [-0.4, -0.2) is 5.11 Å². The van der Waals surface area contributed by atoms with Crippen LogP contribution in [0.2, 0.25) is 0 Å². The van der Waals surface area contributed by atoms with Crippen molar-refractivity contribution in [3.8, 4) is 11.8 Å². The summed E-state index contributed by atoms with van der Waals surface area (Å²) in [6, 6.07) is 7.13. The number of aromatic hydroxyl groups is 1. The van der Waals surface area contributed by atoms with Crippen molar-refractivity contribution in [2.75, 3.05) is 0 Å². The van der Waals surface area contributed by atoms with Gasteiger partial charge in [-0.25, -0.2) is 0 Å². The maximum Gasteiger partial charge on any atom is 0.136 e. The maximum absolute atomic E-state index is 9.56. The normalized spacial score (nSPS) is 10.2. The van der Waals surface area contributed by atoms with Gasteiger partial charge in [-0.1, -0.05) is 24.3 Å². The summed E-state index contributed by atoms with van der Waals surface area (Å²) in [6.45, 7) is 1.92. The van der Waals surface area contributed by atoms with Gasteiger partial charge in [0, 0.05) is 0 Å². The Labute approximate surface area is 77.8 Å². The Balaban J connectivity index is 3.03. The Morgan fingerprint density at radius 1 is 1.54 bits per heavy atom. The first-order chi connectivity index (χ1) is 6.29. The Hall–Kier alpha value is -1.75. The van der Waals surface area contributed by atoms with Crippen LogP contribution < -0.4 is 0 Å². The Bertz CT molecular complexity index is 361. The van der Waals surface area contributed by atoms with Gasteiger partial charge in [0.15, 0.2) is 0 Å². The summed E-state index contributed by atoms with van der Waals surface area (Å²) in [5, 5.41) is 18.2. The first-order valence-corrected chi connectivity index (χ1v) is 4.11. The number of nitriles is 1. The molecule has 0 aliphatic heterocycles. The molecule has 0 bridgehead atoms. The fraction of sp³-hybridized carbons (Fsp3) is 0.182. The molecular weight excluding hydrogens is 162 g/mol. The number of hydrogen-bond donors (Lipinski definition) is 1. The highest BCUT2D eigenvalue weighted by Crippen LogP contribution is 2.21. The van der Waals surface area contributed by atoms with E-state index in [0.717, 1.165) is 5.56 Å². The van der Waals surface area contributed by atoms with Crippen molar-refractivity contribution in [3.05, 3.63) is 41.5 Å². The second-order valence-corrected chi connectivity index (χ2v) is 2.70. The van der Waals surface area contributed by atoms with Crippen LogP contribution in [0, 0.1) is 11.3 Å². The van der Waals surface area contributed by atoms with Crippen LogP contribution >= 0.6 is 0 Å². The van der Waals surface area contributed by atoms with Crippen molar-refractivity contribution in [2.24, 2.45) is 0 Å². The minimum atomic E-state index is 0.100. The van der Waals surface area contributed by atoms with Gasteiger partial charge < -0.3 is 5.11 Å². The molecule has 0 amide bonds. The van der Waals surface area contributed by atoms with Gasteiger partial charge in [-0.15, -0.1) is 0 Å². The molecule has 66 valence electrons. The standard InChI is InChI=1S/C11H11NO/c1-2-3-5-9-6-4-7-10(8-12)11(9)13/h2-4,6-7,13H,5H2,1H3. The average Bonchev–Trinajstić information content (AvgIpc) is 2.16.